The van der Waals surface area contributed by atoms with E-state index in [0.717, 1.165) is 17.5 Å². The van der Waals surface area contributed by atoms with Crippen LogP contribution in [0.1, 0.15) is 55.1 Å². The van der Waals surface area contributed by atoms with Crippen molar-refractivity contribution in [3.8, 4) is 5.75 Å². The fourth-order valence-corrected chi connectivity index (χ4v) is 3.49. The molecule has 5 nitrogen and oxygen atoms in total. The van der Waals surface area contributed by atoms with Crippen LogP contribution in [0.3, 0.4) is 0 Å². The third-order valence-electron chi connectivity index (χ3n) is 4.67. The van der Waals surface area contributed by atoms with Gasteiger partial charge in [0.05, 0.1) is 12.7 Å². The normalized spacial score (nSPS) is 15.6. The molecule has 5 heteroatoms. The van der Waals surface area contributed by atoms with Gasteiger partial charge in [0.15, 0.2) is 0 Å². The number of amides is 2. The molecule has 0 saturated carbocycles. The van der Waals surface area contributed by atoms with Crippen molar-refractivity contribution in [2.24, 2.45) is 5.41 Å². The first-order chi connectivity index (χ1) is 12.1. The highest BCUT2D eigenvalue weighted by molar-refractivity contribution is 5.97. The van der Waals surface area contributed by atoms with Gasteiger partial charge in [0, 0.05) is 32.6 Å². The Labute approximate surface area is 157 Å². The molecule has 1 aliphatic heterocycles. The molecule has 0 atom stereocenters. The summed E-state index contributed by atoms with van der Waals surface area (Å²) in [6, 6.07) is 3.91. The van der Waals surface area contributed by atoms with Crippen LogP contribution in [0.15, 0.2) is 12.1 Å². The average Bonchev–Trinajstić information content (AvgIpc) is 2.78. The first-order valence-electron chi connectivity index (χ1n) is 9.34. The lowest BCUT2D eigenvalue weighted by molar-refractivity contribution is -0.132. The molecule has 144 valence electrons. The second-order valence-corrected chi connectivity index (χ2v) is 8.43. The molecule has 0 bridgehead atoms. The largest absolute Gasteiger partial charge is 0.496 e. The van der Waals surface area contributed by atoms with Gasteiger partial charge in [0.2, 0.25) is 5.91 Å². The lowest BCUT2D eigenvalue weighted by Crippen LogP contribution is -2.38. The van der Waals surface area contributed by atoms with Crippen molar-refractivity contribution in [1.29, 1.82) is 0 Å². The maximum atomic E-state index is 13.1. The minimum Gasteiger partial charge on any atom is -0.496 e. The smallest absolute Gasteiger partial charge is 0.257 e. The Bertz CT molecular complexity index is 677. The molecule has 2 amide bonds. The van der Waals surface area contributed by atoms with Crippen molar-refractivity contribution < 1.29 is 14.3 Å². The number of hydrogen-bond acceptors (Lipinski definition) is 3. The molecule has 0 aromatic heterocycles. The van der Waals surface area contributed by atoms with Gasteiger partial charge < -0.3 is 14.5 Å². The summed E-state index contributed by atoms with van der Waals surface area (Å²) in [7, 11) is 1.60. The number of hydrogen-bond donors (Lipinski definition) is 0. The van der Waals surface area contributed by atoms with Crippen molar-refractivity contribution >= 4 is 11.8 Å². The second kappa shape index (κ2) is 8.11. The van der Waals surface area contributed by atoms with Crippen LogP contribution in [0.5, 0.6) is 5.75 Å². The number of ether oxygens (including phenoxy) is 1. The summed E-state index contributed by atoms with van der Waals surface area (Å²) in [5.74, 6) is 0.806. The van der Waals surface area contributed by atoms with Gasteiger partial charge in [-0.25, -0.2) is 0 Å². The number of aryl methyl sites for hydroxylation is 2. The van der Waals surface area contributed by atoms with Crippen LogP contribution >= 0.6 is 0 Å². The first kappa shape index (κ1) is 20.3. The van der Waals surface area contributed by atoms with E-state index in [0.29, 0.717) is 43.9 Å². The Morgan fingerprint density at radius 1 is 1.04 bits per heavy atom. The molecular weight excluding hydrogens is 328 g/mol. The zero-order valence-electron chi connectivity index (χ0n) is 17.0. The van der Waals surface area contributed by atoms with Crippen LogP contribution in [0.4, 0.5) is 0 Å². The van der Waals surface area contributed by atoms with Gasteiger partial charge in [-0.1, -0.05) is 26.8 Å². The summed E-state index contributed by atoms with van der Waals surface area (Å²) >= 11 is 0. The summed E-state index contributed by atoms with van der Waals surface area (Å²) in [5, 5.41) is 0. The van der Waals surface area contributed by atoms with E-state index in [9.17, 15) is 9.59 Å². The van der Waals surface area contributed by atoms with E-state index in [1.165, 1.54) is 0 Å². The van der Waals surface area contributed by atoms with E-state index in [1.807, 2.05) is 35.8 Å². The molecule has 1 fully saturated rings. The number of benzene rings is 1. The van der Waals surface area contributed by atoms with E-state index >= 15 is 0 Å². The predicted molar refractivity (Wildman–Crippen MR) is 104 cm³/mol. The minimum atomic E-state index is -0.0225. The SMILES string of the molecule is COc1c(C)cc(C)cc1C(=O)N1CCCN(C(=O)CC(C)(C)C)CC1. The molecule has 1 aromatic rings. The average molecular weight is 360 g/mol. The number of rotatable bonds is 3. The monoisotopic (exact) mass is 360 g/mol. The molecule has 0 N–H and O–H groups in total. The zero-order chi connectivity index (χ0) is 19.5. The van der Waals surface area contributed by atoms with Gasteiger partial charge in [-0.15, -0.1) is 0 Å². The number of carbonyl (C=O) groups excluding carboxylic acids is 2. The van der Waals surface area contributed by atoms with E-state index in [2.05, 4.69) is 20.8 Å². The first-order valence-corrected chi connectivity index (χ1v) is 9.34. The highest BCUT2D eigenvalue weighted by Gasteiger charge is 2.27. The van der Waals surface area contributed by atoms with Gasteiger partial charge in [-0.3, -0.25) is 9.59 Å². The summed E-state index contributed by atoms with van der Waals surface area (Å²) in [4.78, 5) is 29.3. The summed E-state index contributed by atoms with van der Waals surface area (Å²) in [5.41, 5.74) is 2.60. The Balaban J connectivity index is 2.12. The number of carbonyl (C=O) groups is 2. The maximum Gasteiger partial charge on any atom is 0.257 e. The van der Waals surface area contributed by atoms with Gasteiger partial charge in [0.1, 0.15) is 5.75 Å². The molecule has 0 unspecified atom stereocenters. The Hall–Kier alpha value is -2.04. The molecule has 1 aliphatic rings. The predicted octanol–water partition coefficient (Wildman–Crippen LogP) is 3.42. The van der Waals surface area contributed by atoms with Crippen LogP contribution in [-0.4, -0.2) is 54.9 Å². The van der Waals surface area contributed by atoms with Crippen LogP contribution in [-0.2, 0) is 4.79 Å². The Kier molecular flexibility index (Phi) is 6.32. The van der Waals surface area contributed by atoms with Gasteiger partial charge >= 0.3 is 0 Å². The molecule has 1 aromatic carbocycles. The molecule has 2 rings (SSSR count). The highest BCUT2D eigenvalue weighted by Crippen LogP contribution is 2.27. The van der Waals surface area contributed by atoms with Gasteiger partial charge in [-0.05, 0) is 42.9 Å². The maximum absolute atomic E-state index is 13.1. The molecule has 1 heterocycles. The lowest BCUT2D eigenvalue weighted by Gasteiger charge is -2.26. The van der Waals surface area contributed by atoms with E-state index < -0.39 is 0 Å². The number of nitrogens with zero attached hydrogens (tertiary/aromatic N) is 2. The summed E-state index contributed by atoms with van der Waals surface area (Å²) < 4.78 is 5.48. The van der Waals surface area contributed by atoms with Crippen molar-refractivity contribution in [2.75, 3.05) is 33.3 Å². The van der Waals surface area contributed by atoms with Crippen molar-refractivity contribution in [1.82, 2.24) is 9.80 Å². The standard InChI is InChI=1S/C21H32N2O3/c1-15-12-16(2)19(26-6)17(13-15)20(25)23-9-7-8-22(10-11-23)18(24)14-21(3,4)5/h12-13H,7-11,14H2,1-6H3. The minimum absolute atomic E-state index is 0.0150. The second-order valence-electron chi connectivity index (χ2n) is 8.43. The summed E-state index contributed by atoms with van der Waals surface area (Å²) in [6.07, 6.45) is 1.33. The fourth-order valence-electron chi connectivity index (χ4n) is 3.49. The van der Waals surface area contributed by atoms with Gasteiger partial charge in [-0.2, -0.15) is 0 Å². The van der Waals surface area contributed by atoms with Crippen molar-refractivity contribution in [3.05, 3.63) is 28.8 Å². The fraction of sp³-hybridized carbons (Fsp3) is 0.619. The lowest BCUT2D eigenvalue weighted by atomic mass is 9.91. The van der Waals surface area contributed by atoms with Crippen LogP contribution < -0.4 is 4.74 Å². The third-order valence-corrected chi connectivity index (χ3v) is 4.67. The molecular formula is C21H32N2O3. The van der Waals surface area contributed by atoms with Crippen molar-refractivity contribution in [2.45, 2.75) is 47.5 Å². The van der Waals surface area contributed by atoms with E-state index in [4.69, 9.17) is 4.74 Å². The zero-order valence-corrected chi connectivity index (χ0v) is 17.0. The van der Waals surface area contributed by atoms with Crippen LogP contribution in [0, 0.1) is 19.3 Å². The quantitative estimate of drug-likeness (QED) is 0.830. The number of methoxy groups -OCH3 is 1. The molecule has 0 radical (unpaired) electrons. The third kappa shape index (κ3) is 4.99. The Morgan fingerprint density at radius 2 is 1.65 bits per heavy atom. The molecule has 1 saturated heterocycles. The van der Waals surface area contributed by atoms with E-state index in [1.54, 1.807) is 7.11 Å². The van der Waals surface area contributed by atoms with Gasteiger partial charge in [0.25, 0.3) is 5.91 Å². The summed E-state index contributed by atoms with van der Waals surface area (Å²) in [6.45, 7) is 12.7. The van der Waals surface area contributed by atoms with Crippen molar-refractivity contribution in [3.63, 3.8) is 0 Å². The topological polar surface area (TPSA) is 49.9 Å². The molecule has 26 heavy (non-hydrogen) atoms. The van der Waals surface area contributed by atoms with Crippen LogP contribution in [0.25, 0.3) is 0 Å². The highest BCUT2D eigenvalue weighted by atomic mass is 16.5. The van der Waals surface area contributed by atoms with Crippen LogP contribution in [0.2, 0.25) is 0 Å². The van der Waals surface area contributed by atoms with E-state index in [-0.39, 0.29) is 17.2 Å². The molecule has 0 aliphatic carbocycles. The molecule has 0 spiro atoms. The Morgan fingerprint density at radius 3 is 2.27 bits per heavy atom.